The third kappa shape index (κ3) is 7.21. The summed E-state index contributed by atoms with van der Waals surface area (Å²) in [5.74, 6) is 0. The van der Waals surface area contributed by atoms with Gasteiger partial charge < -0.3 is 9.05 Å². The Morgan fingerprint density at radius 2 is 1.88 bits per heavy atom. The molecule has 0 amide bonds. The van der Waals surface area contributed by atoms with E-state index in [1.807, 2.05) is 0 Å². The SMILES string of the molecule is CCOP(=O)(COS(=O)(=O)c1c(C)cccc1SC(F)(F)F)OC(C)C. The van der Waals surface area contributed by atoms with Crippen molar-refractivity contribution < 1.29 is 39.4 Å². The van der Waals surface area contributed by atoms with Gasteiger partial charge in [-0.05, 0) is 51.1 Å². The average molecular weight is 436 g/mol. The molecule has 12 heteroatoms. The maximum atomic E-state index is 12.7. The van der Waals surface area contributed by atoms with Crippen LogP contribution >= 0.6 is 19.4 Å². The Morgan fingerprint density at radius 3 is 2.38 bits per heavy atom. The minimum absolute atomic E-state index is 0.0209. The second-order valence-corrected chi connectivity index (χ2v) is 9.94. The van der Waals surface area contributed by atoms with E-state index in [0.717, 1.165) is 6.07 Å². The summed E-state index contributed by atoms with van der Waals surface area (Å²) in [5, 5.41) is 0. The second kappa shape index (κ2) is 9.07. The molecule has 26 heavy (non-hydrogen) atoms. The van der Waals surface area contributed by atoms with Gasteiger partial charge in [0.1, 0.15) is 4.90 Å². The normalized spacial score (nSPS) is 15.2. The number of halogens is 3. The highest BCUT2D eigenvalue weighted by molar-refractivity contribution is 8.00. The van der Waals surface area contributed by atoms with Gasteiger partial charge in [0.05, 0.1) is 12.7 Å². The lowest BCUT2D eigenvalue weighted by atomic mass is 10.2. The summed E-state index contributed by atoms with van der Waals surface area (Å²) < 4.78 is 90.3. The molecule has 1 aromatic carbocycles. The van der Waals surface area contributed by atoms with Crippen LogP contribution in [0.4, 0.5) is 13.2 Å². The Labute approximate surface area is 155 Å². The zero-order valence-corrected chi connectivity index (χ0v) is 17.1. The summed E-state index contributed by atoms with van der Waals surface area (Å²) in [6.45, 7) is 5.99. The molecule has 150 valence electrons. The summed E-state index contributed by atoms with van der Waals surface area (Å²) in [4.78, 5) is -1.16. The molecule has 1 atom stereocenters. The maximum Gasteiger partial charge on any atom is 0.446 e. The van der Waals surface area contributed by atoms with E-state index >= 15 is 0 Å². The third-order valence-electron chi connectivity index (χ3n) is 2.71. The van der Waals surface area contributed by atoms with E-state index in [1.165, 1.54) is 26.0 Å². The molecule has 0 heterocycles. The number of thioether (sulfide) groups is 1. The summed E-state index contributed by atoms with van der Waals surface area (Å²) in [7, 11) is -8.53. The zero-order valence-electron chi connectivity index (χ0n) is 14.6. The lowest BCUT2D eigenvalue weighted by Gasteiger charge is -2.20. The predicted molar refractivity (Wildman–Crippen MR) is 91.7 cm³/mol. The molecule has 0 saturated heterocycles. The van der Waals surface area contributed by atoms with E-state index in [-0.39, 0.29) is 12.2 Å². The molecule has 0 aliphatic carbocycles. The quantitative estimate of drug-likeness (QED) is 0.309. The van der Waals surface area contributed by atoms with Gasteiger partial charge in [-0.2, -0.15) is 21.6 Å². The van der Waals surface area contributed by atoms with E-state index in [9.17, 15) is 26.2 Å². The van der Waals surface area contributed by atoms with Gasteiger partial charge >= 0.3 is 13.1 Å². The van der Waals surface area contributed by atoms with Gasteiger partial charge in [0, 0.05) is 4.90 Å². The fraction of sp³-hybridized carbons (Fsp3) is 0.571. The Kier molecular flexibility index (Phi) is 8.19. The highest BCUT2D eigenvalue weighted by Gasteiger charge is 2.35. The van der Waals surface area contributed by atoms with Gasteiger partial charge in [-0.15, -0.1) is 0 Å². The molecule has 0 aliphatic heterocycles. The van der Waals surface area contributed by atoms with E-state index in [2.05, 4.69) is 0 Å². The molecule has 6 nitrogen and oxygen atoms in total. The Balaban J connectivity index is 3.17. The molecule has 0 radical (unpaired) electrons. The minimum atomic E-state index is -4.68. The molecule has 1 aromatic rings. The molecule has 0 fully saturated rings. The van der Waals surface area contributed by atoms with E-state index in [0.29, 0.717) is 0 Å². The molecule has 1 rings (SSSR count). The minimum Gasteiger partial charge on any atom is -0.307 e. The fourth-order valence-electron chi connectivity index (χ4n) is 1.96. The van der Waals surface area contributed by atoms with Crippen LogP contribution in [0, 0.1) is 6.92 Å². The molecule has 0 N–H and O–H groups in total. The fourth-order valence-corrected chi connectivity index (χ4v) is 6.24. The van der Waals surface area contributed by atoms with Crippen LogP contribution in [0.5, 0.6) is 0 Å². The molecular weight excluding hydrogens is 416 g/mol. The van der Waals surface area contributed by atoms with Crippen LogP contribution in [-0.2, 0) is 27.9 Å². The standard InChI is InChI=1S/C14H20F3O6PS2/c1-5-21-24(18,23-10(2)3)9-22-26(19,20)13-11(4)7-6-8-12(13)25-14(15,16)17/h6-8,10H,5,9H2,1-4H3. The van der Waals surface area contributed by atoms with Gasteiger partial charge in [-0.1, -0.05) is 12.1 Å². The molecule has 0 aliphatic rings. The van der Waals surface area contributed by atoms with Crippen LogP contribution in [0.2, 0.25) is 0 Å². The van der Waals surface area contributed by atoms with Crippen LogP contribution in [0.25, 0.3) is 0 Å². The van der Waals surface area contributed by atoms with Crippen molar-refractivity contribution in [1.29, 1.82) is 0 Å². The van der Waals surface area contributed by atoms with Crippen molar-refractivity contribution in [1.82, 2.24) is 0 Å². The zero-order chi connectivity index (χ0) is 20.2. The Morgan fingerprint density at radius 1 is 1.27 bits per heavy atom. The van der Waals surface area contributed by atoms with E-state index < -0.39 is 57.2 Å². The number of alkyl halides is 3. The smallest absolute Gasteiger partial charge is 0.307 e. The van der Waals surface area contributed by atoms with Gasteiger partial charge in [0.25, 0.3) is 10.1 Å². The van der Waals surface area contributed by atoms with Crippen LogP contribution in [0.1, 0.15) is 26.3 Å². The maximum absolute atomic E-state index is 12.7. The molecule has 1 unspecified atom stereocenters. The van der Waals surface area contributed by atoms with Gasteiger partial charge in [0.15, 0.2) is 6.35 Å². The molecule has 0 aromatic heterocycles. The molecule has 0 bridgehead atoms. The van der Waals surface area contributed by atoms with Crippen LogP contribution in [0.3, 0.4) is 0 Å². The lowest BCUT2D eigenvalue weighted by molar-refractivity contribution is -0.0329. The number of aryl methyl sites for hydroxylation is 1. The van der Waals surface area contributed by atoms with Crippen molar-refractivity contribution in [3.63, 3.8) is 0 Å². The van der Waals surface area contributed by atoms with Gasteiger partial charge in [0.2, 0.25) is 0 Å². The van der Waals surface area contributed by atoms with E-state index in [4.69, 9.17) is 13.2 Å². The summed E-state index contributed by atoms with van der Waals surface area (Å²) in [6, 6.07) is 3.66. The third-order valence-corrected chi connectivity index (χ3v) is 7.12. The largest absolute Gasteiger partial charge is 0.446 e. The highest BCUT2D eigenvalue weighted by Crippen LogP contribution is 2.50. The van der Waals surface area contributed by atoms with Crippen molar-refractivity contribution in [2.75, 3.05) is 13.0 Å². The Bertz CT molecular complexity index is 764. The monoisotopic (exact) mass is 436 g/mol. The van der Waals surface area contributed by atoms with Crippen molar-refractivity contribution in [3.8, 4) is 0 Å². The molecular formula is C14H20F3O6PS2. The molecule has 0 spiro atoms. The van der Waals surface area contributed by atoms with Crippen molar-refractivity contribution in [2.24, 2.45) is 0 Å². The van der Waals surface area contributed by atoms with Crippen molar-refractivity contribution in [3.05, 3.63) is 23.8 Å². The van der Waals surface area contributed by atoms with Crippen LogP contribution < -0.4 is 0 Å². The Hall–Kier alpha value is -0.580. The first kappa shape index (κ1) is 23.5. The second-order valence-electron chi connectivity index (χ2n) is 5.33. The van der Waals surface area contributed by atoms with E-state index in [1.54, 1.807) is 13.8 Å². The van der Waals surface area contributed by atoms with Crippen molar-refractivity contribution in [2.45, 2.75) is 49.1 Å². The highest BCUT2D eigenvalue weighted by atomic mass is 32.2. The van der Waals surface area contributed by atoms with Crippen molar-refractivity contribution >= 4 is 29.5 Å². The average Bonchev–Trinajstić information content (AvgIpc) is 2.43. The molecule has 0 saturated carbocycles. The topological polar surface area (TPSA) is 78.9 Å². The first-order valence-electron chi connectivity index (χ1n) is 7.46. The van der Waals surface area contributed by atoms with Gasteiger partial charge in [-0.3, -0.25) is 8.75 Å². The van der Waals surface area contributed by atoms with Gasteiger partial charge in [-0.25, -0.2) is 0 Å². The first-order chi connectivity index (χ1) is 11.8. The summed E-state index contributed by atoms with van der Waals surface area (Å²) >= 11 is -0.568. The summed E-state index contributed by atoms with van der Waals surface area (Å²) in [5.41, 5.74) is -4.62. The van der Waals surface area contributed by atoms with Crippen LogP contribution in [-0.4, -0.2) is 33.0 Å². The number of rotatable bonds is 9. The number of benzene rings is 1. The number of hydrogen-bond donors (Lipinski definition) is 0. The first-order valence-corrected chi connectivity index (χ1v) is 11.4. The number of hydrogen-bond acceptors (Lipinski definition) is 7. The predicted octanol–water partition coefficient (Wildman–Crippen LogP) is 4.92. The summed E-state index contributed by atoms with van der Waals surface area (Å²) in [6.07, 6.45) is -1.47. The lowest BCUT2D eigenvalue weighted by Crippen LogP contribution is -2.15. The van der Waals surface area contributed by atoms with Crippen LogP contribution in [0.15, 0.2) is 28.0 Å².